The number of carboxylic acid groups (broad SMARTS) is 1. The summed E-state index contributed by atoms with van der Waals surface area (Å²) in [5.74, 6) is -1.32. The second-order valence-corrected chi connectivity index (χ2v) is 5.60. The van der Waals surface area contributed by atoms with Gasteiger partial charge in [-0.2, -0.15) is 5.26 Å². The van der Waals surface area contributed by atoms with Crippen LogP contribution in [0.3, 0.4) is 0 Å². The molecule has 1 aromatic carbocycles. The van der Waals surface area contributed by atoms with Crippen LogP contribution in [-0.2, 0) is 4.79 Å². The number of pyridine rings is 1. The third-order valence-corrected chi connectivity index (χ3v) is 3.85. The van der Waals surface area contributed by atoms with E-state index in [4.69, 9.17) is 10.4 Å². The number of aromatic nitrogens is 1. The van der Waals surface area contributed by atoms with Crippen LogP contribution in [0.15, 0.2) is 41.4 Å². The number of carbonyl (C=O) groups is 1. The first-order valence-electron chi connectivity index (χ1n) is 6.08. The number of aliphatic carboxylic acids is 1. The summed E-state index contributed by atoms with van der Waals surface area (Å²) < 4.78 is 12.9. The zero-order chi connectivity index (χ0) is 15.4. The van der Waals surface area contributed by atoms with Crippen LogP contribution < -0.4 is 0 Å². The third kappa shape index (κ3) is 3.58. The molecule has 0 fully saturated rings. The number of hydrogen-bond acceptors (Lipinski definition) is 4. The van der Waals surface area contributed by atoms with Gasteiger partial charge in [0.2, 0.25) is 0 Å². The topological polar surface area (TPSA) is 74.0 Å². The lowest BCUT2D eigenvalue weighted by Crippen LogP contribution is -2.12. The third-order valence-electron chi connectivity index (χ3n) is 2.76. The molecular formula is C15H11FN2O2S. The highest BCUT2D eigenvalue weighted by Gasteiger charge is 2.17. The quantitative estimate of drug-likeness (QED) is 0.877. The van der Waals surface area contributed by atoms with Crippen LogP contribution >= 0.6 is 11.8 Å². The van der Waals surface area contributed by atoms with Crippen LogP contribution in [0.5, 0.6) is 0 Å². The van der Waals surface area contributed by atoms with Crippen LogP contribution in [0.1, 0.15) is 12.5 Å². The molecule has 106 valence electrons. The van der Waals surface area contributed by atoms with E-state index in [1.165, 1.54) is 19.1 Å². The Balaban J connectivity index is 2.40. The van der Waals surface area contributed by atoms with Gasteiger partial charge in [-0.3, -0.25) is 4.79 Å². The molecule has 0 saturated heterocycles. The molecule has 0 aliphatic heterocycles. The van der Waals surface area contributed by atoms with Gasteiger partial charge in [-0.05, 0) is 43.3 Å². The molecule has 2 rings (SSSR count). The maximum Gasteiger partial charge on any atom is 0.316 e. The van der Waals surface area contributed by atoms with E-state index in [9.17, 15) is 9.18 Å². The van der Waals surface area contributed by atoms with Gasteiger partial charge in [-0.1, -0.05) is 11.8 Å². The molecule has 0 spiro atoms. The Hall–Kier alpha value is -2.39. The first kappa shape index (κ1) is 15.0. The highest BCUT2D eigenvalue weighted by Crippen LogP contribution is 2.28. The maximum atomic E-state index is 12.9. The molecular weight excluding hydrogens is 291 g/mol. The van der Waals surface area contributed by atoms with Gasteiger partial charge in [0, 0.05) is 5.56 Å². The Bertz CT molecular complexity index is 711. The molecule has 0 amide bonds. The van der Waals surface area contributed by atoms with Crippen molar-refractivity contribution in [3.63, 3.8) is 0 Å². The highest BCUT2D eigenvalue weighted by atomic mass is 32.2. The van der Waals surface area contributed by atoms with E-state index >= 15 is 0 Å². The van der Waals surface area contributed by atoms with E-state index < -0.39 is 11.2 Å². The summed E-state index contributed by atoms with van der Waals surface area (Å²) in [6, 6.07) is 11.0. The van der Waals surface area contributed by atoms with Gasteiger partial charge >= 0.3 is 5.97 Å². The molecule has 0 bridgehead atoms. The first-order valence-corrected chi connectivity index (χ1v) is 6.96. The van der Waals surface area contributed by atoms with E-state index in [1.54, 1.807) is 24.3 Å². The Labute approximate surface area is 125 Å². The van der Waals surface area contributed by atoms with Gasteiger partial charge in [-0.25, -0.2) is 9.37 Å². The fourth-order valence-corrected chi connectivity index (χ4v) is 2.44. The molecule has 0 aliphatic carbocycles. The van der Waals surface area contributed by atoms with Crippen molar-refractivity contribution in [2.75, 3.05) is 0 Å². The Morgan fingerprint density at radius 2 is 2.00 bits per heavy atom. The molecule has 0 radical (unpaired) electrons. The van der Waals surface area contributed by atoms with Crippen LogP contribution in [0.25, 0.3) is 11.3 Å². The number of nitrogens with zero attached hydrogens (tertiary/aromatic N) is 2. The Kier molecular flexibility index (Phi) is 4.55. The summed E-state index contributed by atoms with van der Waals surface area (Å²) in [6.45, 7) is 1.53. The summed E-state index contributed by atoms with van der Waals surface area (Å²) in [6.07, 6.45) is 0. The summed E-state index contributed by atoms with van der Waals surface area (Å²) >= 11 is 1.01. The minimum Gasteiger partial charge on any atom is -0.480 e. The lowest BCUT2D eigenvalue weighted by atomic mass is 10.1. The monoisotopic (exact) mass is 302 g/mol. The Morgan fingerprint density at radius 3 is 2.57 bits per heavy atom. The van der Waals surface area contributed by atoms with Gasteiger partial charge in [0.05, 0.1) is 11.3 Å². The van der Waals surface area contributed by atoms with E-state index in [0.717, 1.165) is 11.8 Å². The SMILES string of the molecule is CC(Sc1nc(-c2ccc(F)cc2)ccc1C#N)C(=O)O. The number of nitriles is 1. The van der Waals surface area contributed by atoms with Crippen LogP contribution in [0, 0.1) is 17.1 Å². The van der Waals surface area contributed by atoms with Crippen LogP contribution in [0.4, 0.5) is 4.39 Å². The fraction of sp³-hybridized carbons (Fsp3) is 0.133. The van der Waals surface area contributed by atoms with Crippen LogP contribution in [0.2, 0.25) is 0 Å². The van der Waals surface area contributed by atoms with Crippen molar-refractivity contribution >= 4 is 17.7 Å². The van der Waals surface area contributed by atoms with Gasteiger partial charge in [-0.15, -0.1) is 0 Å². The standard InChI is InChI=1S/C15H11FN2O2S/c1-9(15(19)20)21-14-11(8-17)4-7-13(18-14)10-2-5-12(16)6-3-10/h2-7,9H,1H3,(H,19,20). The predicted octanol–water partition coefficient (Wildman–Crippen LogP) is 3.32. The van der Waals surface area contributed by atoms with E-state index in [2.05, 4.69) is 4.98 Å². The first-order chi connectivity index (χ1) is 10.0. The van der Waals surface area contributed by atoms with Crippen molar-refractivity contribution < 1.29 is 14.3 Å². The number of rotatable bonds is 4. The van der Waals surface area contributed by atoms with E-state index in [1.807, 2.05) is 6.07 Å². The summed E-state index contributed by atoms with van der Waals surface area (Å²) in [4.78, 5) is 15.2. The van der Waals surface area contributed by atoms with Crippen molar-refractivity contribution in [1.82, 2.24) is 4.98 Å². The average molecular weight is 302 g/mol. The van der Waals surface area contributed by atoms with Crippen LogP contribution in [-0.4, -0.2) is 21.3 Å². The predicted molar refractivity (Wildman–Crippen MR) is 77.3 cm³/mol. The number of benzene rings is 1. The second-order valence-electron chi connectivity index (χ2n) is 4.27. The number of thioether (sulfide) groups is 1. The minimum atomic E-state index is -0.974. The van der Waals surface area contributed by atoms with E-state index in [-0.39, 0.29) is 5.82 Å². The highest BCUT2D eigenvalue weighted by molar-refractivity contribution is 8.00. The van der Waals surface area contributed by atoms with Gasteiger partial charge in [0.1, 0.15) is 22.2 Å². The minimum absolute atomic E-state index is 0.318. The van der Waals surface area contributed by atoms with Crippen molar-refractivity contribution in [1.29, 1.82) is 5.26 Å². The lowest BCUT2D eigenvalue weighted by molar-refractivity contribution is -0.136. The maximum absolute atomic E-state index is 12.9. The summed E-state index contributed by atoms with van der Waals surface area (Å²) in [5.41, 5.74) is 1.58. The van der Waals surface area contributed by atoms with Crippen molar-refractivity contribution in [2.45, 2.75) is 17.2 Å². The number of hydrogen-bond donors (Lipinski definition) is 1. The average Bonchev–Trinajstić information content (AvgIpc) is 2.47. The van der Waals surface area contributed by atoms with E-state index in [0.29, 0.717) is 21.8 Å². The molecule has 6 heteroatoms. The number of halogens is 1. The molecule has 0 saturated carbocycles. The van der Waals surface area contributed by atoms with Crippen molar-refractivity contribution in [3.05, 3.63) is 47.8 Å². The summed E-state index contributed by atoms with van der Waals surface area (Å²) in [5, 5.41) is 17.7. The zero-order valence-electron chi connectivity index (χ0n) is 11.1. The van der Waals surface area contributed by atoms with Gasteiger partial charge in [0.15, 0.2) is 0 Å². The molecule has 1 N–H and O–H groups in total. The molecule has 1 unspecified atom stereocenters. The lowest BCUT2D eigenvalue weighted by Gasteiger charge is -2.09. The molecule has 1 atom stereocenters. The van der Waals surface area contributed by atoms with Gasteiger partial charge < -0.3 is 5.11 Å². The molecule has 2 aromatic rings. The largest absolute Gasteiger partial charge is 0.480 e. The van der Waals surface area contributed by atoms with Crippen molar-refractivity contribution in [2.24, 2.45) is 0 Å². The Morgan fingerprint density at radius 1 is 1.33 bits per heavy atom. The molecule has 1 aromatic heterocycles. The number of carboxylic acids is 1. The summed E-state index contributed by atoms with van der Waals surface area (Å²) in [7, 11) is 0. The van der Waals surface area contributed by atoms with Gasteiger partial charge in [0.25, 0.3) is 0 Å². The van der Waals surface area contributed by atoms with Crippen molar-refractivity contribution in [3.8, 4) is 17.3 Å². The fourth-order valence-electron chi connectivity index (χ4n) is 1.61. The molecule has 21 heavy (non-hydrogen) atoms. The second kappa shape index (κ2) is 6.37. The molecule has 0 aliphatic rings. The zero-order valence-corrected chi connectivity index (χ0v) is 11.9. The smallest absolute Gasteiger partial charge is 0.316 e. The molecule has 4 nitrogen and oxygen atoms in total. The molecule has 1 heterocycles. The normalized spacial score (nSPS) is 11.7.